The van der Waals surface area contributed by atoms with Crippen LogP contribution in [0.2, 0.25) is 0 Å². The molecule has 0 radical (unpaired) electrons. The Bertz CT molecular complexity index is 468. The van der Waals surface area contributed by atoms with Gasteiger partial charge in [0.05, 0.1) is 11.1 Å². The average Bonchev–Trinajstić information content (AvgIpc) is 2.43. The Morgan fingerprint density at radius 1 is 1.38 bits per heavy atom. The predicted molar refractivity (Wildman–Crippen MR) is 67.7 cm³/mol. The number of nitrogens with zero attached hydrogens (tertiary/aromatic N) is 1. The molecule has 2 rings (SSSR count). The van der Waals surface area contributed by atoms with Crippen LogP contribution in [-0.2, 0) is 4.79 Å². The molecule has 1 heterocycles. The zero-order valence-electron chi connectivity index (χ0n) is 9.25. The van der Waals surface area contributed by atoms with Crippen LogP contribution in [0.25, 0.3) is 0 Å². The smallest absolute Gasteiger partial charge is 0.250 e. The molecule has 0 aliphatic carbocycles. The first-order chi connectivity index (χ1) is 7.44. The Kier molecular flexibility index (Phi) is 2.54. The highest BCUT2D eigenvalue weighted by Crippen LogP contribution is 2.38. The van der Waals surface area contributed by atoms with Gasteiger partial charge in [0.15, 0.2) is 0 Å². The summed E-state index contributed by atoms with van der Waals surface area (Å²) in [4.78, 5) is 11.8. The first-order valence-corrected chi connectivity index (χ1v) is 5.79. The predicted octanol–water partition coefficient (Wildman–Crippen LogP) is 2.84. The molecule has 1 aromatic carbocycles. The molecule has 0 aromatic heterocycles. The number of anilines is 1. The Labute approximate surface area is 103 Å². The summed E-state index contributed by atoms with van der Waals surface area (Å²) in [6.07, 6.45) is 0. The Morgan fingerprint density at radius 3 is 2.50 bits per heavy atom. The van der Waals surface area contributed by atoms with Gasteiger partial charge >= 0.3 is 0 Å². The number of rotatable bonds is 1. The number of halogens is 1. The summed E-state index contributed by atoms with van der Waals surface area (Å²) in [7, 11) is 0. The van der Waals surface area contributed by atoms with Crippen molar-refractivity contribution in [3.8, 4) is 0 Å². The summed E-state index contributed by atoms with van der Waals surface area (Å²) < 4.78 is 0.925. The van der Waals surface area contributed by atoms with Crippen molar-refractivity contribution in [1.82, 2.24) is 5.43 Å². The maximum atomic E-state index is 11.8. The maximum absolute atomic E-state index is 11.8. The molecule has 1 N–H and O–H groups in total. The minimum Gasteiger partial charge on any atom is -0.272 e. The van der Waals surface area contributed by atoms with Crippen molar-refractivity contribution in [2.75, 3.05) is 5.01 Å². The van der Waals surface area contributed by atoms with Crippen molar-refractivity contribution in [3.05, 3.63) is 41.0 Å². The summed E-state index contributed by atoms with van der Waals surface area (Å²) in [6.45, 7) is 7.70. The van der Waals surface area contributed by atoms with Crippen molar-refractivity contribution in [1.29, 1.82) is 0 Å². The molecule has 84 valence electrons. The topological polar surface area (TPSA) is 32.3 Å². The number of carbonyl (C=O) groups excluding carboxylic acids is 1. The highest BCUT2D eigenvalue weighted by Gasteiger charge is 2.42. The van der Waals surface area contributed by atoms with E-state index >= 15 is 0 Å². The van der Waals surface area contributed by atoms with Crippen molar-refractivity contribution < 1.29 is 4.79 Å². The number of hydrogen-bond acceptors (Lipinski definition) is 2. The number of benzene rings is 1. The molecule has 0 unspecified atom stereocenters. The van der Waals surface area contributed by atoms with Crippen LogP contribution in [0.3, 0.4) is 0 Å². The molecule has 1 aliphatic rings. The largest absolute Gasteiger partial charge is 0.272 e. The van der Waals surface area contributed by atoms with Gasteiger partial charge in [0.1, 0.15) is 0 Å². The number of nitrogens with one attached hydrogen (secondary N) is 1. The third-order valence-corrected chi connectivity index (χ3v) is 3.54. The fourth-order valence-electron chi connectivity index (χ4n) is 1.56. The monoisotopic (exact) mass is 280 g/mol. The number of amides is 1. The standard InChI is InChI=1S/C12H13BrN2O/c1-8-12(2,3)11(16)14-15(8)10-7-5-4-6-9(10)13/h4-7H,1H2,2-3H3,(H,14,16). The van der Waals surface area contributed by atoms with Gasteiger partial charge in [0.2, 0.25) is 5.91 Å². The Morgan fingerprint density at radius 2 is 2.00 bits per heavy atom. The van der Waals surface area contributed by atoms with E-state index in [0.717, 1.165) is 15.9 Å². The van der Waals surface area contributed by atoms with Crippen molar-refractivity contribution in [2.45, 2.75) is 13.8 Å². The molecule has 0 bridgehead atoms. The highest BCUT2D eigenvalue weighted by molar-refractivity contribution is 9.10. The van der Waals surface area contributed by atoms with Crippen molar-refractivity contribution in [3.63, 3.8) is 0 Å². The fourth-order valence-corrected chi connectivity index (χ4v) is 2.02. The second-order valence-corrected chi connectivity index (χ2v) is 5.15. The minimum atomic E-state index is -0.560. The minimum absolute atomic E-state index is 0.0340. The van der Waals surface area contributed by atoms with Crippen molar-refractivity contribution in [2.24, 2.45) is 5.41 Å². The number of hydrazine groups is 1. The van der Waals surface area contributed by atoms with E-state index in [9.17, 15) is 4.79 Å². The summed E-state index contributed by atoms with van der Waals surface area (Å²) in [5, 5.41) is 1.73. The first-order valence-electron chi connectivity index (χ1n) is 4.99. The maximum Gasteiger partial charge on any atom is 0.250 e. The van der Waals surface area contributed by atoms with E-state index in [0.29, 0.717) is 0 Å². The van der Waals surface area contributed by atoms with Crippen LogP contribution in [0, 0.1) is 5.41 Å². The van der Waals surface area contributed by atoms with Crippen LogP contribution in [0.15, 0.2) is 41.0 Å². The molecule has 0 atom stereocenters. The SMILES string of the molecule is C=C1N(c2ccccc2Br)NC(=O)C1(C)C. The van der Waals surface area contributed by atoms with Crippen molar-refractivity contribution >= 4 is 27.5 Å². The van der Waals surface area contributed by atoms with E-state index in [-0.39, 0.29) is 5.91 Å². The van der Waals surface area contributed by atoms with Crippen LogP contribution < -0.4 is 10.4 Å². The quantitative estimate of drug-likeness (QED) is 0.858. The van der Waals surface area contributed by atoms with E-state index < -0.39 is 5.41 Å². The highest BCUT2D eigenvalue weighted by atomic mass is 79.9. The lowest BCUT2D eigenvalue weighted by Crippen LogP contribution is -2.32. The van der Waals surface area contributed by atoms with Gasteiger partial charge in [0.25, 0.3) is 0 Å². The number of carbonyl (C=O) groups is 1. The van der Waals surface area contributed by atoms with E-state index in [2.05, 4.69) is 27.9 Å². The van der Waals surface area contributed by atoms with E-state index in [4.69, 9.17) is 0 Å². The molecule has 3 nitrogen and oxygen atoms in total. The zero-order chi connectivity index (χ0) is 11.9. The van der Waals surface area contributed by atoms with E-state index in [1.165, 1.54) is 0 Å². The van der Waals surface area contributed by atoms with Gasteiger partial charge in [-0.25, -0.2) is 0 Å². The first kappa shape index (κ1) is 11.2. The van der Waals surface area contributed by atoms with Crippen LogP contribution in [0.1, 0.15) is 13.8 Å². The normalized spacial score (nSPS) is 18.8. The molecule has 4 heteroatoms. The van der Waals surface area contributed by atoms with Gasteiger partial charge in [0, 0.05) is 10.2 Å². The average molecular weight is 281 g/mol. The lowest BCUT2D eigenvalue weighted by Gasteiger charge is -2.22. The molecule has 1 aromatic rings. The molecular formula is C12H13BrN2O. The second kappa shape index (κ2) is 3.63. The van der Waals surface area contributed by atoms with Gasteiger partial charge in [-0.2, -0.15) is 0 Å². The number of hydrogen-bond donors (Lipinski definition) is 1. The lowest BCUT2D eigenvalue weighted by atomic mass is 9.90. The molecule has 0 saturated carbocycles. The molecule has 1 saturated heterocycles. The summed E-state index contributed by atoms with van der Waals surface area (Å²) in [5.41, 5.74) is 3.90. The third kappa shape index (κ3) is 1.53. The van der Waals surface area contributed by atoms with Gasteiger partial charge in [-0.05, 0) is 41.9 Å². The molecule has 16 heavy (non-hydrogen) atoms. The van der Waals surface area contributed by atoms with Crippen LogP contribution >= 0.6 is 15.9 Å². The third-order valence-electron chi connectivity index (χ3n) is 2.87. The van der Waals surface area contributed by atoms with Gasteiger partial charge in [-0.15, -0.1) is 0 Å². The second-order valence-electron chi connectivity index (χ2n) is 4.30. The molecule has 1 fully saturated rings. The molecule has 1 aliphatic heterocycles. The van der Waals surface area contributed by atoms with Crippen LogP contribution in [0.4, 0.5) is 5.69 Å². The Hall–Kier alpha value is -1.29. The van der Waals surface area contributed by atoms with E-state index in [1.54, 1.807) is 5.01 Å². The van der Waals surface area contributed by atoms with Gasteiger partial charge in [-0.3, -0.25) is 15.2 Å². The van der Waals surface area contributed by atoms with Gasteiger partial charge < -0.3 is 0 Å². The van der Waals surface area contributed by atoms with Crippen LogP contribution in [-0.4, -0.2) is 5.91 Å². The molecule has 0 spiro atoms. The summed E-state index contributed by atoms with van der Waals surface area (Å²) in [5.74, 6) is -0.0340. The lowest BCUT2D eigenvalue weighted by molar-refractivity contribution is -0.125. The van der Waals surface area contributed by atoms with E-state index in [1.807, 2.05) is 38.1 Å². The van der Waals surface area contributed by atoms with Crippen LogP contribution in [0.5, 0.6) is 0 Å². The fraction of sp³-hybridized carbons (Fsp3) is 0.250. The zero-order valence-corrected chi connectivity index (χ0v) is 10.8. The number of para-hydroxylation sites is 1. The summed E-state index contributed by atoms with van der Waals surface area (Å²) in [6, 6.07) is 7.71. The van der Waals surface area contributed by atoms with Gasteiger partial charge in [-0.1, -0.05) is 18.7 Å². The molecular weight excluding hydrogens is 268 g/mol. The summed E-state index contributed by atoms with van der Waals surface area (Å²) >= 11 is 3.46. The Balaban J connectivity index is 2.43. The molecule has 1 amide bonds.